The molecule has 0 aliphatic carbocycles. The molecular formula is C17H15N7O2. The van der Waals surface area contributed by atoms with Crippen molar-refractivity contribution in [3.05, 3.63) is 60.1 Å². The molecule has 130 valence electrons. The van der Waals surface area contributed by atoms with E-state index in [2.05, 4.69) is 30.6 Å². The van der Waals surface area contributed by atoms with Crippen LogP contribution in [0.15, 0.2) is 47.4 Å². The molecule has 0 aromatic carbocycles. The maximum atomic E-state index is 12.2. The van der Waals surface area contributed by atoms with Gasteiger partial charge in [-0.1, -0.05) is 12.1 Å². The van der Waals surface area contributed by atoms with Gasteiger partial charge < -0.3 is 9.84 Å². The van der Waals surface area contributed by atoms with Crippen molar-refractivity contribution in [3.8, 4) is 11.5 Å². The number of pyridine rings is 2. The standard InChI is InChI=1S/C17H15N7O2/c1-2-13-20-17(26-23-13)12-6-4-8-24-14(21-22-15(12)24)10-19-16(25)11-5-3-7-18-9-11/h3-9H,2,10H2,1H3,(H,19,25). The Kier molecular flexibility index (Phi) is 4.10. The van der Waals surface area contributed by atoms with Gasteiger partial charge in [-0.25, -0.2) is 0 Å². The molecule has 4 aromatic heterocycles. The minimum Gasteiger partial charge on any atom is -0.345 e. The summed E-state index contributed by atoms with van der Waals surface area (Å²) in [4.78, 5) is 20.4. The molecule has 0 aliphatic heterocycles. The van der Waals surface area contributed by atoms with Crippen LogP contribution < -0.4 is 5.32 Å². The largest absolute Gasteiger partial charge is 0.345 e. The number of aromatic nitrogens is 6. The maximum Gasteiger partial charge on any atom is 0.261 e. The quantitative estimate of drug-likeness (QED) is 0.583. The van der Waals surface area contributed by atoms with Gasteiger partial charge in [0.15, 0.2) is 17.3 Å². The fourth-order valence-corrected chi connectivity index (χ4v) is 2.52. The van der Waals surface area contributed by atoms with Gasteiger partial charge in [0.05, 0.1) is 17.7 Å². The Morgan fingerprint density at radius 1 is 1.27 bits per heavy atom. The van der Waals surface area contributed by atoms with Gasteiger partial charge in [0, 0.05) is 25.0 Å². The summed E-state index contributed by atoms with van der Waals surface area (Å²) in [5.41, 5.74) is 1.77. The number of nitrogens with zero attached hydrogens (tertiary/aromatic N) is 6. The normalized spacial score (nSPS) is 11.0. The van der Waals surface area contributed by atoms with Crippen LogP contribution in [-0.4, -0.2) is 35.6 Å². The van der Waals surface area contributed by atoms with Crippen LogP contribution in [0.2, 0.25) is 0 Å². The van der Waals surface area contributed by atoms with Gasteiger partial charge in [-0.3, -0.25) is 14.2 Å². The van der Waals surface area contributed by atoms with Crippen LogP contribution in [0.1, 0.15) is 28.9 Å². The zero-order valence-electron chi connectivity index (χ0n) is 14.0. The van der Waals surface area contributed by atoms with Crippen LogP contribution in [0.25, 0.3) is 17.1 Å². The fourth-order valence-electron chi connectivity index (χ4n) is 2.52. The zero-order chi connectivity index (χ0) is 17.9. The van der Waals surface area contributed by atoms with Crippen LogP contribution in [-0.2, 0) is 13.0 Å². The minimum atomic E-state index is -0.226. The van der Waals surface area contributed by atoms with Gasteiger partial charge in [-0.15, -0.1) is 10.2 Å². The summed E-state index contributed by atoms with van der Waals surface area (Å²) in [6.07, 6.45) is 5.63. The first-order chi connectivity index (χ1) is 12.8. The molecule has 0 spiro atoms. The Morgan fingerprint density at radius 3 is 2.96 bits per heavy atom. The van der Waals surface area contributed by atoms with E-state index < -0.39 is 0 Å². The molecule has 0 atom stereocenters. The first kappa shape index (κ1) is 15.9. The number of carbonyl (C=O) groups is 1. The molecule has 9 nitrogen and oxygen atoms in total. The molecule has 9 heteroatoms. The smallest absolute Gasteiger partial charge is 0.261 e. The number of carbonyl (C=O) groups excluding carboxylic acids is 1. The van der Waals surface area contributed by atoms with Gasteiger partial charge in [-0.2, -0.15) is 4.98 Å². The van der Waals surface area contributed by atoms with E-state index in [1.807, 2.05) is 25.3 Å². The fraction of sp³-hybridized carbons (Fsp3) is 0.176. The van der Waals surface area contributed by atoms with E-state index >= 15 is 0 Å². The number of nitrogens with one attached hydrogen (secondary N) is 1. The van der Waals surface area contributed by atoms with Crippen molar-refractivity contribution in [2.75, 3.05) is 0 Å². The number of amides is 1. The molecule has 4 heterocycles. The summed E-state index contributed by atoms with van der Waals surface area (Å²) < 4.78 is 7.08. The van der Waals surface area contributed by atoms with E-state index in [9.17, 15) is 4.79 Å². The zero-order valence-corrected chi connectivity index (χ0v) is 14.0. The molecule has 1 amide bonds. The van der Waals surface area contributed by atoms with Crippen LogP contribution in [0, 0.1) is 0 Å². The second kappa shape index (κ2) is 6.71. The summed E-state index contributed by atoms with van der Waals surface area (Å²) in [6, 6.07) is 7.09. The summed E-state index contributed by atoms with van der Waals surface area (Å²) in [5.74, 6) is 1.39. The molecule has 4 aromatic rings. The van der Waals surface area contributed by atoms with E-state index in [0.717, 1.165) is 0 Å². The van der Waals surface area contributed by atoms with Crippen molar-refractivity contribution in [2.24, 2.45) is 0 Å². The van der Waals surface area contributed by atoms with Gasteiger partial charge >= 0.3 is 0 Å². The third kappa shape index (κ3) is 2.90. The average Bonchev–Trinajstić information content (AvgIpc) is 3.33. The third-order valence-electron chi connectivity index (χ3n) is 3.85. The summed E-state index contributed by atoms with van der Waals surface area (Å²) in [7, 11) is 0. The molecule has 0 saturated carbocycles. The number of rotatable bonds is 5. The van der Waals surface area contributed by atoms with Crippen molar-refractivity contribution in [1.82, 2.24) is 35.0 Å². The average molecular weight is 349 g/mol. The number of fused-ring (bicyclic) bond motifs is 1. The summed E-state index contributed by atoms with van der Waals surface area (Å²) in [6.45, 7) is 2.18. The Balaban J connectivity index is 1.59. The lowest BCUT2D eigenvalue weighted by Gasteiger charge is -2.04. The van der Waals surface area contributed by atoms with Crippen LogP contribution in [0.3, 0.4) is 0 Å². The van der Waals surface area contributed by atoms with Gasteiger partial charge in [0.2, 0.25) is 0 Å². The third-order valence-corrected chi connectivity index (χ3v) is 3.85. The lowest BCUT2D eigenvalue weighted by atomic mass is 10.2. The first-order valence-corrected chi connectivity index (χ1v) is 8.10. The van der Waals surface area contributed by atoms with Gasteiger partial charge in [0.25, 0.3) is 11.8 Å². The minimum absolute atomic E-state index is 0.225. The lowest BCUT2D eigenvalue weighted by molar-refractivity contribution is 0.0949. The Hall–Kier alpha value is -3.62. The van der Waals surface area contributed by atoms with Crippen molar-refractivity contribution >= 4 is 11.6 Å². The molecule has 4 rings (SSSR count). The molecule has 0 radical (unpaired) electrons. The maximum absolute atomic E-state index is 12.2. The van der Waals surface area contributed by atoms with Gasteiger partial charge in [-0.05, 0) is 24.3 Å². The predicted octanol–water partition coefficient (Wildman–Crippen LogP) is 1.67. The first-order valence-electron chi connectivity index (χ1n) is 8.10. The summed E-state index contributed by atoms with van der Waals surface area (Å²) in [5, 5.41) is 15.1. The highest BCUT2D eigenvalue weighted by molar-refractivity contribution is 5.93. The van der Waals surface area contributed by atoms with E-state index in [0.29, 0.717) is 40.7 Å². The highest BCUT2D eigenvalue weighted by Gasteiger charge is 2.16. The molecule has 1 N–H and O–H groups in total. The number of hydrogen-bond donors (Lipinski definition) is 1. The molecule has 0 aliphatic rings. The number of aryl methyl sites for hydroxylation is 1. The highest BCUT2D eigenvalue weighted by Crippen LogP contribution is 2.22. The second-order valence-corrected chi connectivity index (χ2v) is 5.53. The highest BCUT2D eigenvalue weighted by atomic mass is 16.5. The Bertz CT molecular complexity index is 1060. The molecule has 0 bridgehead atoms. The lowest BCUT2D eigenvalue weighted by Crippen LogP contribution is -2.24. The van der Waals surface area contributed by atoms with E-state index in [-0.39, 0.29) is 12.5 Å². The monoisotopic (exact) mass is 349 g/mol. The summed E-state index contributed by atoms with van der Waals surface area (Å²) >= 11 is 0. The second-order valence-electron chi connectivity index (χ2n) is 5.53. The SMILES string of the molecule is CCc1noc(-c2cccn3c(CNC(=O)c4cccnc4)nnc23)n1. The van der Waals surface area contributed by atoms with E-state index in [1.54, 1.807) is 22.7 Å². The van der Waals surface area contributed by atoms with Crippen molar-refractivity contribution in [2.45, 2.75) is 19.9 Å². The van der Waals surface area contributed by atoms with Gasteiger partial charge in [0.1, 0.15) is 0 Å². The Morgan fingerprint density at radius 2 is 2.19 bits per heavy atom. The predicted molar refractivity (Wildman–Crippen MR) is 91.1 cm³/mol. The van der Waals surface area contributed by atoms with Crippen molar-refractivity contribution in [3.63, 3.8) is 0 Å². The van der Waals surface area contributed by atoms with Crippen molar-refractivity contribution < 1.29 is 9.32 Å². The molecule has 0 fully saturated rings. The number of hydrogen-bond acceptors (Lipinski definition) is 7. The molecule has 0 saturated heterocycles. The van der Waals surface area contributed by atoms with E-state index in [1.165, 1.54) is 6.20 Å². The molecule has 26 heavy (non-hydrogen) atoms. The van der Waals surface area contributed by atoms with Crippen LogP contribution >= 0.6 is 0 Å². The van der Waals surface area contributed by atoms with Crippen LogP contribution in [0.5, 0.6) is 0 Å². The topological polar surface area (TPSA) is 111 Å². The van der Waals surface area contributed by atoms with Crippen LogP contribution in [0.4, 0.5) is 0 Å². The van der Waals surface area contributed by atoms with Crippen molar-refractivity contribution in [1.29, 1.82) is 0 Å². The molecule has 0 unspecified atom stereocenters. The molecular weight excluding hydrogens is 334 g/mol. The Labute approximate surface area is 148 Å². The van der Waals surface area contributed by atoms with E-state index in [4.69, 9.17) is 4.52 Å².